The van der Waals surface area contributed by atoms with Gasteiger partial charge in [-0.3, -0.25) is 9.00 Å². The second-order valence-corrected chi connectivity index (χ2v) is 5.82. The number of hydrogen-bond acceptors (Lipinski definition) is 2. The minimum Gasteiger partial charge on any atom is -0.303 e. The Bertz CT molecular complexity index is 681. The van der Waals surface area contributed by atoms with Crippen molar-refractivity contribution in [1.29, 1.82) is 0 Å². The lowest BCUT2D eigenvalue weighted by atomic mass is 10.1. The molecule has 1 aliphatic rings. The van der Waals surface area contributed by atoms with Gasteiger partial charge in [0.25, 0.3) is 5.91 Å². The summed E-state index contributed by atoms with van der Waals surface area (Å²) < 4.78 is 11.8. The predicted octanol–water partition coefficient (Wildman–Crippen LogP) is 2.58. The summed E-state index contributed by atoms with van der Waals surface area (Å²) in [4.78, 5) is 14.8. The van der Waals surface area contributed by atoms with E-state index in [-0.39, 0.29) is 5.91 Å². The van der Waals surface area contributed by atoms with Gasteiger partial charge in [-0.25, -0.2) is 0 Å². The third kappa shape index (κ3) is 1.98. The molecule has 0 radical (unpaired) electrons. The number of nitrogens with zero attached hydrogens (tertiary/aromatic N) is 1. The number of carbonyl (C=O) groups excluding carboxylic acids is 1. The van der Waals surface area contributed by atoms with E-state index < -0.39 is 10.8 Å². The lowest BCUT2D eigenvalue weighted by Crippen LogP contribution is -2.24. The number of anilines is 1. The molecule has 1 unspecified atom stereocenters. The Balaban J connectivity index is 2.07. The first-order valence-electron chi connectivity index (χ1n) is 6.00. The maximum Gasteiger partial charge on any atom is 0.258 e. The number of benzene rings is 2. The average molecular weight is 271 g/mol. The van der Waals surface area contributed by atoms with Gasteiger partial charge in [0.15, 0.2) is 0 Å². The number of para-hydroxylation sites is 1. The fraction of sp³-hybridized carbons (Fsp3) is 0.133. The van der Waals surface area contributed by atoms with Crippen molar-refractivity contribution < 1.29 is 9.00 Å². The highest BCUT2D eigenvalue weighted by Crippen LogP contribution is 2.31. The highest BCUT2D eigenvalue weighted by Gasteiger charge is 2.29. The molecule has 1 atom stereocenters. The number of fused-ring (bicyclic) bond motifs is 1. The smallest absolute Gasteiger partial charge is 0.258 e. The Morgan fingerprint density at radius 2 is 1.74 bits per heavy atom. The van der Waals surface area contributed by atoms with Gasteiger partial charge in [0, 0.05) is 11.8 Å². The summed E-state index contributed by atoms with van der Waals surface area (Å²) in [7, 11) is -1.11. The van der Waals surface area contributed by atoms with Crippen LogP contribution < -0.4 is 4.90 Å². The molecule has 1 aliphatic heterocycles. The minimum atomic E-state index is -1.11. The van der Waals surface area contributed by atoms with Crippen LogP contribution in [0.4, 0.5) is 5.69 Å². The fourth-order valence-electron chi connectivity index (χ4n) is 2.37. The van der Waals surface area contributed by atoms with Gasteiger partial charge in [-0.05, 0) is 23.8 Å². The van der Waals surface area contributed by atoms with Crippen molar-refractivity contribution in [3.63, 3.8) is 0 Å². The quantitative estimate of drug-likeness (QED) is 0.842. The summed E-state index contributed by atoms with van der Waals surface area (Å²) in [6.07, 6.45) is 1.63. The van der Waals surface area contributed by atoms with Crippen LogP contribution in [0.25, 0.3) is 0 Å². The Labute approximate surface area is 114 Å². The lowest BCUT2D eigenvalue weighted by molar-refractivity contribution is 0.0996. The Morgan fingerprint density at radius 3 is 2.47 bits per heavy atom. The molecule has 96 valence electrons. The van der Waals surface area contributed by atoms with Gasteiger partial charge >= 0.3 is 0 Å². The molecular weight excluding hydrogens is 258 g/mol. The number of rotatable bonds is 2. The molecule has 4 heteroatoms. The molecule has 0 spiro atoms. The summed E-state index contributed by atoms with van der Waals surface area (Å²) in [6, 6.07) is 14.9. The van der Waals surface area contributed by atoms with Gasteiger partial charge in [0.2, 0.25) is 0 Å². The van der Waals surface area contributed by atoms with E-state index in [2.05, 4.69) is 0 Å². The van der Waals surface area contributed by atoms with Gasteiger partial charge in [-0.1, -0.05) is 30.3 Å². The predicted molar refractivity (Wildman–Crippen MR) is 75.7 cm³/mol. The molecule has 0 aromatic heterocycles. The lowest BCUT2D eigenvalue weighted by Gasteiger charge is -2.18. The number of hydrogen-bond donors (Lipinski definition) is 0. The maximum atomic E-state index is 12.4. The monoisotopic (exact) mass is 271 g/mol. The van der Waals surface area contributed by atoms with E-state index in [0.29, 0.717) is 11.4 Å². The zero-order valence-corrected chi connectivity index (χ0v) is 11.3. The van der Waals surface area contributed by atoms with Crippen LogP contribution in [0.2, 0.25) is 0 Å². The van der Waals surface area contributed by atoms with Crippen molar-refractivity contribution in [2.24, 2.45) is 0 Å². The highest BCUT2D eigenvalue weighted by atomic mass is 32.2. The summed E-state index contributed by atoms with van der Waals surface area (Å²) in [5.74, 6) is -0.0199. The summed E-state index contributed by atoms with van der Waals surface area (Å²) in [5.41, 5.74) is 2.49. The SMILES string of the molecule is CS(=O)c1ccccc1N1Cc2ccccc2C1=O. The Morgan fingerprint density at radius 1 is 1.05 bits per heavy atom. The molecule has 1 amide bonds. The average Bonchev–Trinajstić information content (AvgIpc) is 2.76. The fourth-order valence-corrected chi connectivity index (χ4v) is 3.12. The molecule has 3 nitrogen and oxygen atoms in total. The van der Waals surface area contributed by atoms with E-state index in [1.807, 2.05) is 48.5 Å². The van der Waals surface area contributed by atoms with Crippen molar-refractivity contribution in [3.05, 3.63) is 59.7 Å². The van der Waals surface area contributed by atoms with Gasteiger partial charge in [0.05, 0.1) is 27.9 Å². The summed E-state index contributed by atoms with van der Waals surface area (Å²) in [6.45, 7) is 0.545. The van der Waals surface area contributed by atoms with Crippen LogP contribution in [0.1, 0.15) is 15.9 Å². The largest absolute Gasteiger partial charge is 0.303 e. The van der Waals surface area contributed by atoms with E-state index in [9.17, 15) is 9.00 Å². The summed E-state index contributed by atoms with van der Waals surface area (Å²) in [5, 5.41) is 0. The van der Waals surface area contributed by atoms with Crippen LogP contribution in [0.3, 0.4) is 0 Å². The van der Waals surface area contributed by atoms with Gasteiger partial charge < -0.3 is 4.90 Å². The van der Waals surface area contributed by atoms with Crippen LogP contribution >= 0.6 is 0 Å². The van der Waals surface area contributed by atoms with Crippen molar-refractivity contribution in [3.8, 4) is 0 Å². The van der Waals surface area contributed by atoms with E-state index in [4.69, 9.17) is 0 Å². The highest BCUT2D eigenvalue weighted by molar-refractivity contribution is 7.84. The normalized spacial score (nSPS) is 15.4. The van der Waals surface area contributed by atoms with Gasteiger partial charge in [-0.2, -0.15) is 0 Å². The number of carbonyl (C=O) groups is 1. The molecule has 2 aromatic rings. The Kier molecular flexibility index (Phi) is 2.95. The molecule has 0 fully saturated rings. The first-order chi connectivity index (χ1) is 9.18. The minimum absolute atomic E-state index is 0.0199. The number of amides is 1. The van der Waals surface area contributed by atoms with E-state index in [1.165, 1.54) is 0 Å². The molecule has 0 aliphatic carbocycles. The molecule has 0 bridgehead atoms. The van der Waals surface area contributed by atoms with Crippen molar-refractivity contribution in [1.82, 2.24) is 0 Å². The van der Waals surface area contributed by atoms with Crippen LogP contribution in [0.5, 0.6) is 0 Å². The topological polar surface area (TPSA) is 37.4 Å². The van der Waals surface area contributed by atoms with Crippen LogP contribution in [-0.4, -0.2) is 16.4 Å². The third-order valence-electron chi connectivity index (χ3n) is 3.29. The van der Waals surface area contributed by atoms with Crippen LogP contribution in [-0.2, 0) is 17.3 Å². The van der Waals surface area contributed by atoms with Gasteiger partial charge in [-0.15, -0.1) is 0 Å². The summed E-state index contributed by atoms with van der Waals surface area (Å²) >= 11 is 0. The van der Waals surface area contributed by atoms with E-state index in [1.54, 1.807) is 11.2 Å². The molecule has 3 rings (SSSR count). The molecule has 19 heavy (non-hydrogen) atoms. The standard InChI is InChI=1S/C15H13NO2S/c1-19(18)14-9-5-4-8-13(14)16-10-11-6-2-3-7-12(11)15(16)17/h2-9H,10H2,1H3. The first-order valence-corrected chi connectivity index (χ1v) is 7.56. The van der Waals surface area contributed by atoms with Crippen molar-refractivity contribution >= 4 is 22.4 Å². The van der Waals surface area contributed by atoms with Crippen molar-refractivity contribution in [2.45, 2.75) is 11.4 Å². The molecule has 1 heterocycles. The second-order valence-electron chi connectivity index (χ2n) is 4.47. The second kappa shape index (κ2) is 4.63. The van der Waals surface area contributed by atoms with E-state index in [0.717, 1.165) is 16.8 Å². The van der Waals surface area contributed by atoms with Gasteiger partial charge in [0.1, 0.15) is 0 Å². The molecular formula is C15H13NO2S. The first kappa shape index (κ1) is 12.1. The van der Waals surface area contributed by atoms with Crippen LogP contribution in [0.15, 0.2) is 53.4 Å². The zero-order valence-electron chi connectivity index (χ0n) is 10.5. The van der Waals surface area contributed by atoms with E-state index >= 15 is 0 Å². The Hall–Kier alpha value is -1.94. The molecule has 0 N–H and O–H groups in total. The molecule has 2 aromatic carbocycles. The van der Waals surface area contributed by atoms with Crippen LogP contribution in [0, 0.1) is 0 Å². The molecule has 0 saturated heterocycles. The third-order valence-corrected chi connectivity index (χ3v) is 4.25. The molecule has 0 saturated carbocycles. The maximum absolute atomic E-state index is 12.4. The zero-order chi connectivity index (χ0) is 13.4. The van der Waals surface area contributed by atoms with Crippen molar-refractivity contribution in [2.75, 3.05) is 11.2 Å².